The second-order valence-corrected chi connectivity index (χ2v) is 7.78. The predicted octanol–water partition coefficient (Wildman–Crippen LogP) is 4.96. The number of hydrogen-bond donors (Lipinski definition) is 0. The zero-order chi connectivity index (χ0) is 19.9. The molecule has 4 nitrogen and oxygen atoms in total. The Balaban J connectivity index is 1.65. The number of rotatable bonds is 3. The van der Waals surface area contributed by atoms with E-state index in [1.807, 2.05) is 36.4 Å². The minimum atomic E-state index is -0.374. The van der Waals surface area contributed by atoms with E-state index >= 15 is 0 Å². The van der Waals surface area contributed by atoms with Crippen molar-refractivity contribution < 1.29 is 19.1 Å². The summed E-state index contributed by atoms with van der Waals surface area (Å²) in [7, 11) is 1.36. The molecule has 1 heterocycles. The van der Waals surface area contributed by atoms with Gasteiger partial charge in [-0.3, -0.25) is 4.79 Å². The van der Waals surface area contributed by atoms with Crippen molar-refractivity contribution in [2.45, 2.75) is 32.3 Å². The summed E-state index contributed by atoms with van der Waals surface area (Å²) >= 11 is 0. The Hall–Kier alpha value is -3.14. The number of carbonyl (C=O) groups is 2. The van der Waals surface area contributed by atoms with Gasteiger partial charge in [0.1, 0.15) is 11.4 Å². The molecule has 0 radical (unpaired) electrons. The average molecular weight is 374 g/mol. The minimum Gasteiger partial charge on any atom is -0.488 e. The van der Waals surface area contributed by atoms with Gasteiger partial charge in [0.2, 0.25) is 0 Å². The molecule has 1 aliphatic rings. The molecule has 0 amide bonds. The lowest BCUT2D eigenvalue weighted by molar-refractivity contribution is 0.0600. The molecule has 0 atom stereocenters. The van der Waals surface area contributed by atoms with Crippen LogP contribution in [0.25, 0.3) is 10.8 Å². The standard InChI is InChI=1S/C24H22O4/c1-24(2)11-10-17-14-19(8-9-21(17)28-24)22(25)18-6-4-16-13-20(23(26)27-3)7-5-15(16)12-18/h4-9,12-14H,10-11H2,1-3H3. The quantitative estimate of drug-likeness (QED) is 0.480. The Morgan fingerprint density at radius 1 is 0.893 bits per heavy atom. The third-order valence-electron chi connectivity index (χ3n) is 5.23. The van der Waals surface area contributed by atoms with Gasteiger partial charge in [-0.2, -0.15) is 0 Å². The first-order valence-corrected chi connectivity index (χ1v) is 9.35. The molecule has 0 saturated heterocycles. The Morgan fingerprint density at radius 2 is 1.50 bits per heavy atom. The van der Waals surface area contributed by atoms with Crippen LogP contribution in [0.15, 0.2) is 54.6 Å². The predicted molar refractivity (Wildman–Crippen MR) is 108 cm³/mol. The molecule has 0 bridgehead atoms. The number of ether oxygens (including phenoxy) is 2. The summed E-state index contributed by atoms with van der Waals surface area (Å²) < 4.78 is 10.8. The Labute approximate surface area is 164 Å². The maximum absolute atomic E-state index is 13.0. The van der Waals surface area contributed by atoms with Crippen molar-refractivity contribution in [1.29, 1.82) is 0 Å². The van der Waals surface area contributed by atoms with Crippen LogP contribution in [0.5, 0.6) is 5.75 Å². The van der Waals surface area contributed by atoms with E-state index < -0.39 is 0 Å². The van der Waals surface area contributed by atoms with Gasteiger partial charge in [0, 0.05) is 11.1 Å². The number of carbonyl (C=O) groups excluding carboxylic acids is 2. The highest BCUT2D eigenvalue weighted by Gasteiger charge is 2.27. The first kappa shape index (κ1) is 18.2. The molecule has 0 aromatic heterocycles. The van der Waals surface area contributed by atoms with Crippen molar-refractivity contribution in [2.75, 3.05) is 7.11 Å². The minimum absolute atomic E-state index is 0.0217. The monoisotopic (exact) mass is 374 g/mol. The normalized spacial score (nSPS) is 14.8. The van der Waals surface area contributed by atoms with Crippen molar-refractivity contribution in [3.8, 4) is 5.75 Å². The summed E-state index contributed by atoms with van der Waals surface area (Å²) in [4.78, 5) is 24.7. The first-order valence-electron chi connectivity index (χ1n) is 9.35. The number of methoxy groups -OCH3 is 1. The van der Waals surface area contributed by atoms with Gasteiger partial charge in [0.05, 0.1) is 12.7 Å². The molecule has 0 saturated carbocycles. The van der Waals surface area contributed by atoms with Crippen molar-refractivity contribution in [3.05, 3.63) is 76.9 Å². The molecular weight excluding hydrogens is 352 g/mol. The highest BCUT2D eigenvalue weighted by Crippen LogP contribution is 2.34. The maximum Gasteiger partial charge on any atom is 0.337 e. The second kappa shape index (κ2) is 6.79. The maximum atomic E-state index is 13.0. The SMILES string of the molecule is COC(=O)c1ccc2cc(C(=O)c3ccc4c(c3)CCC(C)(C)O4)ccc2c1. The van der Waals surface area contributed by atoms with Crippen molar-refractivity contribution in [2.24, 2.45) is 0 Å². The van der Waals surface area contributed by atoms with Gasteiger partial charge >= 0.3 is 5.97 Å². The lowest BCUT2D eigenvalue weighted by atomic mass is 9.91. The van der Waals surface area contributed by atoms with Crippen LogP contribution >= 0.6 is 0 Å². The molecule has 3 aromatic rings. The van der Waals surface area contributed by atoms with Gasteiger partial charge in [0.25, 0.3) is 0 Å². The number of ketones is 1. The van der Waals surface area contributed by atoms with Crippen LogP contribution in [0.3, 0.4) is 0 Å². The number of hydrogen-bond acceptors (Lipinski definition) is 4. The molecule has 3 aromatic carbocycles. The summed E-state index contributed by atoms with van der Waals surface area (Å²) in [5, 5.41) is 1.79. The van der Waals surface area contributed by atoms with Gasteiger partial charge in [-0.05, 0) is 79.4 Å². The summed E-state index contributed by atoms with van der Waals surface area (Å²) in [6.45, 7) is 4.16. The number of esters is 1. The Kier molecular flexibility index (Phi) is 4.42. The van der Waals surface area contributed by atoms with Gasteiger partial charge < -0.3 is 9.47 Å². The van der Waals surface area contributed by atoms with Crippen LogP contribution in [-0.4, -0.2) is 24.5 Å². The van der Waals surface area contributed by atoms with E-state index in [2.05, 4.69) is 13.8 Å². The van der Waals surface area contributed by atoms with Gasteiger partial charge in [-0.1, -0.05) is 18.2 Å². The summed E-state index contributed by atoms with van der Waals surface area (Å²) in [5.74, 6) is 0.467. The van der Waals surface area contributed by atoms with Crippen molar-refractivity contribution in [1.82, 2.24) is 0 Å². The molecule has 4 heteroatoms. The van der Waals surface area contributed by atoms with Crippen LogP contribution in [0, 0.1) is 0 Å². The largest absolute Gasteiger partial charge is 0.488 e. The molecular formula is C24H22O4. The summed E-state index contributed by atoms with van der Waals surface area (Å²) in [6.07, 6.45) is 1.83. The van der Waals surface area contributed by atoms with E-state index in [0.29, 0.717) is 16.7 Å². The van der Waals surface area contributed by atoms with Crippen LogP contribution in [0.4, 0.5) is 0 Å². The number of aryl methyl sites for hydroxylation is 1. The molecule has 4 rings (SSSR count). The molecule has 28 heavy (non-hydrogen) atoms. The third kappa shape index (κ3) is 3.38. The second-order valence-electron chi connectivity index (χ2n) is 7.78. The van der Waals surface area contributed by atoms with Gasteiger partial charge in [-0.15, -0.1) is 0 Å². The van der Waals surface area contributed by atoms with Crippen LogP contribution in [0.1, 0.15) is 52.1 Å². The van der Waals surface area contributed by atoms with Gasteiger partial charge in [-0.25, -0.2) is 4.79 Å². The third-order valence-corrected chi connectivity index (χ3v) is 5.23. The fourth-order valence-corrected chi connectivity index (χ4v) is 3.60. The summed E-state index contributed by atoms with van der Waals surface area (Å²) in [5.41, 5.74) is 2.68. The molecule has 0 fully saturated rings. The molecule has 0 aliphatic carbocycles. The highest BCUT2D eigenvalue weighted by atomic mass is 16.5. The smallest absolute Gasteiger partial charge is 0.337 e. The van der Waals surface area contributed by atoms with Gasteiger partial charge in [0.15, 0.2) is 5.78 Å². The molecule has 1 aliphatic heterocycles. The van der Waals surface area contributed by atoms with Crippen molar-refractivity contribution >= 4 is 22.5 Å². The van der Waals surface area contributed by atoms with Crippen LogP contribution in [-0.2, 0) is 11.2 Å². The molecule has 142 valence electrons. The first-order chi connectivity index (χ1) is 13.4. The molecule has 0 N–H and O–H groups in total. The fourth-order valence-electron chi connectivity index (χ4n) is 3.60. The van der Waals surface area contributed by atoms with E-state index in [4.69, 9.17) is 9.47 Å². The van der Waals surface area contributed by atoms with E-state index in [1.165, 1.54) is 7.11 Å². The van der Waals surface area contributed by atoms with Crippen molar-refractivity contribution in [3.63, 3.8) is 0 Å². The van der Waals surface area contributed by atoms with Crippen LogP contribution < -0.4 is 4.74 Å². The number of fused-ring (bicyclic) bond motifs is 2. The topological polar surface area (TPSA) is 52.6 Å². The lowest BCUT2D eigenvalue weighted by Crippen LogP contribution is -2.32. The number of benzene rings is 3. The molecule has 0 unspecified atom stereocenters. The Bertz CT molecular complexity index is 1090. The average Bonchev–Trinajstić information content (AvgIpc) is 2.70. The van der Waals surface area contributed by atoms with E-state index in [1.54, 1.807) is 18.2 Å². The Morgan fingerprint density at radius 3 is 2.21 bits per heavy atom. The zero-order valence-electron chi connectivity index (χ0n) is 16.2. The summed E-state index contributed by atoms with van der Waals surface area (Å²) in [6, 6.07) is 16.5. The van der Waals surface area contributed by atoms with E-state index in [0.717, 1.165) is 34.9 Å². The highest BCUT2D eigenvalue weighted by molar-refractivity contribution is 6.11. The lowest BCUT2D eigenvalue weighted by Gasteiger charge is -2.32. The van der Waals surface area contributed by atoms with E-state index in [-0.39, 0.29) is 17.4 Å². The fraction of sp³-hybridized carbons (Fsp3) is 0.250. The van der Waals surface area contributed by atoms with E-state index in [9.17, 15) is 9.59 Å². The zero-order valence-corrected chi connectivity index (χ0v) is 16.2. The van der Waals surface area contributed by atoms with Crippen LogP contribution in [0.2, 0.25) is 0 Å². The molecule has 0 spiro atoms.